The Hall–Kier alpha value is -2.89. The van der Waals surface area contributed by atoms with E-state index in [0.717, 1.165) is 5.56 Å². The molecular weight excluding hydrogens is 325 g/mol. The molecule has 1 amide bonds. The second kappa shape index (κ2) is 8.82. The Morgan fingerprint density at radius 3 is 2.40 bits per heavy atom. The van der Waals surface area contributed by atoms with Crippen molar-refractivity contribution in [3.05, 3.63) is 66.0 Å². The van der Waals surface area contributed by atoms with Gasteiger partial charge in [-0.2, -0.15) is 0 Å². The minimum absolute atomic E-state index is 0.0239. The molecule has 2 aromatic rings. The first kappa shape index (κ1) is 18.4. The first-order valence-corrected chi connectivity index (χ1v) is 7.93. The lowest BCUT2D eigenvalue weighted by Crippen LogP contribution is -2.41. The number of amides is 1. The van der Waals surface area contributed by atoms with Gasteiger partial charge in [-0.3, -0.25) is 9.59 Å². The van der Waals surface area contributed by atoms with Gasteiger partial charge >= 0.3 is 5.97 Å². The molecule has 2 aromatic carbocycles. The quantitative estimate of drug-likeness (QED) is 0.771. The molecule has 0 spiro atoms. The van der Waals surface area contributed by atoms with Crippen LogP contribution in [-0.2, 0) is 16.0 Å². The number of hydrogen-bond donors (Lipinski definition) is 2. The van der Waals surface area contributed by atoms with E-state index in [0.29, 0.717) is 6.42 Å². The highest BCUT2D eigenvalue weighted by atomic mass is 19.1. The monoisotopic (exact) mass is 345 g/mol. The average molecular weight is 345 g/mol. The van der Waals surface area contributed by atoms with E-state index >= 15 is 0 Å². The Bertz CT molecular complexity index is 720. The van der Waals surface area contributed by atoms with Crippen LogP contribution in [0.2, 0.25) is 0 Å². The standard InChI is InChI=1S/C19H20FNO4/c1-13(25-17-10-6-5-9-16(17)20)18(22)21-12-15(19(23)24)11-14-7-3-2-4-8-14/h2-10,13,15H,11-12H2,1H3,(H,21,22)(H,23,24). The van der Waals surface area contributed by atoms with Crippen LogP contribution in [0.4, 0.5) is 4.39 Å². The second-order valence-corrected chi connectivity index (χ2v) is 5.66. The Labute approximate surface area is 145 Å². The van der Waals surface area contributed by atoms with Gasteiger partial charge in [0.15, 0.2) is 17.7 Å². The molecule has 2 unspecified atom stereocenters. The number of ether oxygens (including phenoxy) is 1. The molecule has 0 bridgehead atoms. The lowest BCUT2D eigenvalue weighted by molar-refractivity contribution is -0.141. The normalized spacial score (nSPS) is 12.9. The second-order valence-electron chi connectivity index (χ2n) is 5.66. The molecule has 0 saturated carbocycles. The predicted molar refractivity (Wildman–Crippen MR) is 90.8 cm³/mol. The summed E-state index contributed by atoms with van der Waals surface area (Å²) in [5.74, 6) is -2.83. The van der Waals surface area contributed by atoms with E-state index in [4.69, 9.17) is 4.74 Å². The van der Waals surface area contributed by atoms with Crippen molar-refractivity contribution in [2.75, 3.05) is 6.54 Å². The highest BCUT2D eigenvalue weighted by molar-refractivity contribution is 5.81. The fourth-order valence-corrected chi connectivity index (χ4v) is 2.30. The van der Waals surface area contributed by atoms with Gasteiger partial charge in [0.25, 0.3) is 5.91 Å². The van der Waals surface area contributed by atoms with Crippen molar-refractivity contribution in [1.82, 2.24) is 5.32 Å². The zero-order valence-corrected chi connectivity index (χ0v) is 13.8. The van der Waals surface area contributed by atoms with Crippen LogP contribution >= 0.6 is 0 Å². The molecule has 2 rings (SSSR count). The summed E-state index contributed by atoms with van der Waals surface area (Å²) in [7, 11) is 0. The third-order valence-corrected chi connectivity index (χ3v) is 3.71. The summed E-state index contributed by atoms with van der Waals surface area (Å²) >= 11 is 0. The largest absolute Gasteiger partial charge is 0.481 e. The molecule has 0 aliphatic heterocycles. The van der Waals surface area contributed by atoms with Crippen LogP contribution < -0.4 is 10.1 Å². The van der Waals surface area contributed by atoms with Gasteiger partial charge in [0.2, 0.25) is 0 Å². The topological polar surface area (TPSA) is 75.6 Å². The molecule has 0 aliphatic rings. The molecule has 5 nitrogen and oxygen atoms in total. The van der Waals surface area contributed by atoms with Crippen LogP contribution in [0.1, 0.15) is 12.5 Å². The van der Waals surface area contributed by atoms with Gasteiger partial charge in [0.05, 0.1) is 5.92 Å². The van der Waals surface area contributed by atoms with Crippen molar-refractivity contribution in [2.45, 2.75) is 19.4 Å². The van der Waals surface area contributed by atoms with Crippen LogP contribution in [0.15, 0.2) is 54.6 Å². The first-order valence-electron chi connectivity index (χ1n) is 7.93. The fraction of sp³-hybridized carbons (Fsp3) is 0.263. The molecule has 2 atom stereocenters. The summed E-state index contributed by atoms with van der Waals surface area (Å²) in [5.41, 5.74) is 0.875. The minimum atomic E-state index is -0.994. The molecule has 132 valence electrons. The van der Waals surface area contributed by atoms with Crippen LogP contribution in [0.3, 0.4) is 0 Å². The van der Waals surface area contributed by atoms with E-state index in [9.17, 15) is 19.1 Å². The molecule has 0 aliphatic carbocycles. The Kier molecular flexibility index (Phi) is 6.51. The van der Waals surface area contributed by atoms with Crippen LogP contribution in [-0.4, -0.2) is 29.6 Å². The van der Waals surface area contributed by atoms with E-state index in [1.165, 1.54) is 25.1 Å². The number of carboxylic acids is 1. The molecule has 2 N–H and O–H groups in total. The molecule has 25 heavy (non-hydrogen) atoms. The third-order valence-electron chi connectivity index (χ3n) is 3.71. The number of aliphatic carboxylic acids is 1. The van der Waals surface area contributed by atoms with Gasteiger partial charge < -0.3 is 15.2 Å². The van der Waals surface area contributed by atoms with E-state index < -0.39 is 29.7 Å². The maximum Gasteiger partial charge on any atom is 0.308 e. The van der Waals surface area contributed by atoms with E-state index in [-0.39, 0.29) is 12.3 Å². The van der Waals surface area contributed by atoms with Crippen molar-refractivity contribution in [3.63, 3.8) is 0 Å². The van der Waals surface area contributed by atoms with Gasteiger partial charge in [-0.1, -0.05) is 42.5 Å². The highest BCUT2D eigenvalue weighted by Crippen LogP contribution is 2.17. The summed E-state index contributed by atoms with van der Waals surface area (Å²) < 4.78 is 18.8. The number of rotatable bonds is 8. The number of carbonyl (C=O) groups excluding carboxylic acids is 1. The maximum absolute atomic E-state index is 13.5. The third kappa shape index (κ3) is 5.60. The van der Waals surface area contributed by atoms with Gasteiger partial charge in [0.1, 0.15) is 0 Å². The fourth-order valence-electron chi connectivity index (χ4n) is 2.30. The van der Waals surface area contributed by atoms with Crippen LogP contribution in [0, 0.1) is 11.7 Å². The Morgan fingerprint density at radius 1 is 1.12 bits per heavy atom. The van der Waals surface area contributed by atoms with Crippen molar-refractivity contribution in [1.29, 1.82) is 0 Å². The average Bonchev–Trinajstić information content (AvgIpc) is 2.60. The summed E-state index contributed by atoms with van der Waals surface area (Å²) in [4.78, 5) is 23.5. The molecular formula is C19H20FNO4. The predicted octanol–water partition coefficient (Wildman–Crippen LogP) is 2.65. The number of carboxylic acid groups (broad SMARTS) is 1. The number of para-hydroxylation sites is 1. The van der Waals surface area contributed by atoms with Crippen LogP contribution in [0.5, 0.6) is 5.75 Å². The molecule has 0 aromatic heterocycles. The summed E-state index contributed by atoms with van der Waals surface area (Å²) in [6.07, 6.45) is -0.637. The zero-order chi connectivity index (χ0) is 18.2. The highest BCUT2D eigenvalue weighted by Gasteiger charge is 2.22. The summed E-state index contributed by atoms with van der Waals surface area (Å²) in [5, 5.41) is 11.9. The number of benzene rings is 2. The smallest absolute Gasteiger partial charge is 0.308 e. The number of halogens is 1. The number of carbonyl (C=O) groups is 2. The molecule has 0 heterocycles. The lowest BCUT2D eigenvalue weighted by atomic mass is 9.99. The van der Waals surface area contributed by atoms with Crippen molar-refractivity contribution in [2.24, 2.45) is 5.92 Å². The molecule has 0 saturated heterocycles. The lowest BCUT2D eigenvalue weighted by Gasteiger charge is -2.17. The van der Waals surface area contributed by atoms with E-state index in [1.54, 1.807) is 6.07 Å². The van der Waals surface area contributed by atoms with E-state index in [1.807, 2.05) is 30.3 Å². The van der Waals surface area contributed by atoms with Crippen molar-refractivity contribution < 1.29 is 23.8 Å². The molecule has 6 heteroatoms. The maximum atomic E-state index is 13.5. The molecule has 0 radical (unpaired) electrons. The van der Waals surface area contributed by atoms with Gasteiger partial charge in [-0.25, -0.2) is 4.39 Å². The van der Waals surface area contributed by atoms with Crippen LogP contribution in [0.25, 0.3) is 0 Å². The number of nitrogens with one attached hydrogen (secondary N) is 1. The molecule has 0 fully saturated rings. The summed E-state index contributed by atoms with van der Waals surface area (Å²) in [6, 6.07) is 15.0. The zero-order valence-electron chi connectivity index (χ0n) is 13.8. The summed E-state index contributed by atoms with van der Waals surface area (Å²) in [6.45, 7) is 1.45. The first-order chi connectivity index (χ1) is 12.0. The van der Waals surface area contributed by atoms with Gasteiger partial charge in [0, 0.05) is 6.54 Å². The Morgan fingerprint density at radius 2 is 1.76 bits per heavy atom. The van der Waals surface area contributed by atoms with Gasteiger partial charge in [-0.15, -0.1) is 0 Å². The minimum Gasteiger partial charge on any atom is -0.481 e. The van der Waals surface area contributed by atoms with Crippen molar-refractivity contribution in [3.8, 4) is 5.75 Å². The van der Waals surface area contributed by atoms with Crippen molar-refractivity contribution >= 4 is 11.9 Å². The van der Waals surface area contributed by atoms with E-state index in [2.05, 4.69) is 5.32 Å². The SMILES string of the molecule is CC(Oc1ccccc1F)C(=O)NCC(Cc1ccccc1)C(=O)O. The Balaban J connectivity index is 1.90. The van der Waals surface area contributed by atoms with Gasteiger partial charge in [-0.05, 0) is 31.0 Å². The number of hydrogen-bond acceptors (Lipinski definition) is 3.